The molecule has 0 saturated heterocycles. The number of imidazole rings is 1. The number of nitrogens with one attached hydrogen (secondary N) is 1. The number of aromatic nitrogens is 4. The minimum atomic E-state index is -0.472. The maximum absolute atomic E-state index is 11.4. The molecule has 3 N–H and O–H groups in total. The number of anilines is 1. The van der Waals surface area contributed by atoms with Crippen molar-refractivity contribution in [3.63, 3.8) is 0 Å². The summed E-state index contributed by atoms with van der Waals surface area (Å²) >= 11 is 0. The SMILES string of the molecule is CC(=O)n1cnc2nc(N)[nH]c(=O)c21. The Balaban J connectivity index is 2.93. The highest BCUT2D eigenvalue weighted by Crippen LogP contribution is 2.04. The fourth-order valence-electron chi connectivity index (χ4n) is 1.19. The van der Waals surface area contributed by atoms with E-state index in [9.17, 15) is 9.59 Å². The summed E-state index contributed by atoms with van der Waals surface area (Å²) in [7, 11) is 0. The van der Waals surface area contributed by atoms with Gasteiger partial charge < -0.3 is 5.73 Å². The number of hydrogen-bond donors (Lipinski definition) is 2. The van der Waals surface area contributed by atoms with Crippen LogP contribution in [0.25, 0.3) is 11.2 Å². The third-order valence-electron chi connectivity index (χ3n) is 1.77. The first kappa shape index (κ1) is 8.42. The topological polar surface area (TPSA) is 107 Å². The lowest BCUT2D eigenvalue weighted by Gasteiger charge is -1.96. The van der Waals surface area contributed by atoms with Crippen LogP contribution >= 0.6 is 0 Å². The summed E-state index contributed by atoms with van der Waals surface area (Å²) in [6, 6.07) is 0. The number of carbonyl (C=O) groups is 1. The van der Waals surface area contributed by atoms with Gasteiger partial charge in [0.2, 0.25) is 11.9 Å². The molecule has 0 amide bonds. The van der Waals surface area contributed by atoms with Gasteiger partial charge in [-0.25, -0.2) is 4.98 Å². The first-order chi connectivity index (χ1) is 6.59. The van der Waals surface area contributed by atoms with Crippen LogP contribution in [0.4, 0.5) is 5.95 Å². The number of carbonyl (C=O) groups excluding carboxylic acids is 1. The van der Waals surface area contributed by atoms with Gasteiger partial charge in [0.25, 0.3) is 5.56 Å². The normalized spacial score (nSPS) is 10.6. The summed E-state index contributed by atoms with van der Waals surface area (Å²) in [5.74, 6) is -0.319. The fourth-order valence-corrected chi connectivity index (χ4v) is 1.19. The Morgan fingerprint density at radius 2 is 2.36 bits per heavy atom. The maximum Gasteiger partial charge on any atom is 0.279 e. The molecule has 0 saturated carbocycles. The van der Waals surface area contributed by atoms with Crippen molar-refractivity contribution in [2.24, 2.45) is 0 Å². The molecule has 2 aromatic heterocycles. The van der Waals surface area contributed by atoms with Crippen molar-refractivity contribution in [1.82, 2.24) is 19.5 Å². The van der Waals surface area contributed by atoms with Crippen LogP contribution in [0.2, 0.25) is 0 Å². The second-order valence-electron chi connectivity index (χ2n) is 2.76. The lowest BCUT2D eigenvalue weighted by molar-refractivity contribution is 0.0941. The van der Waals surface area contributed by atoms with Crippen LogP contribution in [0.1, 0.15) is 11.7 Å². The Morgan fingerprint density at radius 3 is 3.00 bits per heavy atom. The molecule has 2 heterocycles. The molecule has 0 aliphatic carbocycles. The molecule has 0 fully saturated rings. The molecule has 0 aromatic carbocycles. The van der Waals surface area contributed by atoms with Gasteiger partial charge in [-0.1, -0.05) is 0 Å². The zero-order valence-corrected chi connectivity index (χ0v) is 7.31. The van der Waals surface area contributed by atoms with Crippen LogP contribution in [0.15, 0.2) is 11.1 Å². The van der Waals surface area contributed by atoms with E-state index < -0.39 is 5.56 Å². The zero-order chi connectivity index (χ0) is 10.3. The molecule has 2 rings (SSSR count). The lowest BCUT2D eigenvalue weighted by Crippen LogP contribution is -2.16. The minimum absolute atomic E-state index is 0.0173. The molecule has 14 heavy (non-hydrogen) atoms. The number of nitrogen functional groups attached to an aromatic ring is 1. The molecule has 0 bridgehead atoms. The smallest absolute Gasteiger partial charge is 0.279 e. The van der Waals surface area contributed by atoms with Crippen LogP contribution < -0.4 is 11.3 Å². The Hall–Kier alpha value is -2.18. The van der Waals surface area contributed by atoms with E-state index in [4.69, 9.17) is 5.73 Å². The molecule has 0 aliphatic rings. The number of aromatic amines is 1. The summed E-state index contributed by atoms with van der Waals surface area (Å²) in [6.45, 7) is 1.33. The van der Waals surface area contributed by atoms with Crippen molar-refractivity contribution in [3.8, 4) is 0 Å². The van der Waals surface area contributed by atoms with Gasteiger partial charge >= 0.3 is 0 Å². The predicted octanol–water partition coefficient (Wildman–Crippen LogP) is -0.638. The zero-order valence-electron chi connectivity index (χ0n) is 7.31. The van der Waals surface area contributed by atoms with Crippen molar-refractivity contribution in [3.05, 3.63) is 16.7 Å². The maximum atomic E-state index is 11.4. The Kier molecular flexibility index (Phi) is 1.60. The number of H-pyrrole nitrogens is 1. The quantitative estimate of drug-likeness (QED) is 0.578. The van der Waals surface area contributed by atoms with E-state index in [-0.39, 0.29) is 23.0 Å². The monoisotopic (exact) mass is 193 g/mol. The molecule has 0 radical (unpaired) electrons. The van der Waals surface area contributed by atoms with Gasteiger partial charge in [-0.3, -0.25) is 19.1 Å². The van der Waals surface area contributed by atoms with Gasteiger partial charge in [-0.05, 0) is 0 Å². The Labute approximate surface area is 77.6 Å². The summed E-state index contributed by atoms with van der Waals surface area (Å²) in [5.41, 5.74) is 5.12. The number of nitrogens with two attached hydrogens (primary N) is 1. The third-order valence-corrected chi connectivity index (χ3v) is 1.77. The average Bonchev–Trinajstić information content (AvgIpc) is 2.47. The van der Waals surface area contributed by atoms with Gasteiger partial charge in [-0.2, -0.15) is 4.98 Å². The van der Waals surface area contributed by atoms with Crippen LogP contribution in [-0.2, 0) is 0 Å². The number of fused-ring (bicyclic) bond motifs is 1. The van der Waals surface area contributed by atoms with Gasteiger partial charge in [0.1, 0.15) is 6.33 Å². The molecule has 0 unspecified atom stereocenters. The Morgan fingerprint density at radius 1 is 1.64 bits per heavy atom. The second-order valence-corrected chi connectivity index (χ2v) is 2.76. The molecule has 7 heteroatoms. The highest BCUT2D eigenvalue weighted by molar-refractivity contribution is 5.87. The van der Waals surface area contributed by atoms with Crippen LogP contribution in [0.5, 0.6) is 0 Å². The van der Waals surface area contributed by atoms with Crippen molar-refractivity contribution >= 4 is 23.0 Å². The van der Waals surface area contributed by atoms with Crippen molar-refractivity contribution < 1.29 is 4.79 Å². The van der Waals surface area contributed by atoms with Crippen molar-refractivity contribution in [1.29, 1.82) is 0 Å². The molecule has 7 nitrogen and oxygen atoms in total. The largest absolute Gasteiger partial charge is 0.369 e. The van der Waals surface area contributed by atoms with Gasteiger partial charge in [0, 0.05) is 6.92 Å². The first-order valence-electron chi connectivity index (χ1n) is 3.83. The van der Waals surface area contributed by atoms with Crippen LogP contribution in [-0.4, -0.2) is 25.4 Å². The average molecular weight is 193 g/mol. The van der Waals surface area contributed by atoms with Gasteiger partial charge in [0.15, 0.2) is 11.2 Å². The number of nitrogens with zero attached hydrogens (tertiary/aromatic N) is 3. The number of rotatable bonds is 0. The van der Waals surface area contributed by atoms with Gasteiger partial charge in [-0.15, -0.1) is 0 Å². The lowest BCUT2D eigenvalue weighted by atomic mass is 10.5. The van der Waals surface area contributed by atoms with E-state index in [1.54, 1.807) is 0 Å². The summed E-state index contributed by atoms with van der Waals surface area (Å²) < 4.78 is 1.13. The van der Waals surface area contributed by atoms with E-state index in [0.29, 0.717) is 0 Å². The fraction of sp³-hybridized carbons (Fsp3) is 0.143. The molecule has 72 valence electrons. The van der Waals surface area contributed by atoms with E-state index in [1.165, 1.54) is 13.3 Å². The highest BCUT2D eigenvalue weighted by atomic mass is 16.2. The third kappa shape index (κ3) is 1.06. The Bertz CT molecular complexity index is 567. The number of hydrogen-bond acceptors (Lipinski definition) is 5. The molecule has 0 spiro atoms. The van der Waals surface area contributed by atoms with Crippen molar-refractivity contribution in [2.45, 2.75) is 6.92 Å². The molecular formula is C7H7N5O2. The predicted molar refractivity (Wildman–Crippen MR) is 48.9 cm³/mol. The minimum Gasteiger partial charge on any atom is -0.369 e. The first-order valence-corrected chi connectivity index (χ1v) is 3.83. The standard InChI is InChI=1S/C7H7N5O2/c1-3(13)12-2-9-5-4(12)6(14)11-7(8)10-5/h2H,1H3,(H3,8,10,11,14). The summed E-state index contributed by atoms with van der Waals surface area (Å²) in [4.78, 5) is 32.3. The highest BCUT2D eigenvalue weighted by Gasteiger charge is 2.11. The summed E-state index contributed by atoms with van der Waals surface area (Å²) in [5, 5.41) is 0. The molecular weight excluding hydrogens is 186 g/mol. The van der Waals surface area contributed by atoms with E-state index in [1.807, 2.05) is 0 Å². The van der Waals surface area contributed by atoms with E-state index >= 15 is 0 Å². The summed E-state index contributed by atoms with van der Waals surface area (Å²) in [6.07, 6.45) is 1.24. The second kappa shape index (κ2) is 2.66. The van der Waals surface area contributed by atoms with Crippen LogP contribution in [0.3, 0.4) is 0 Å². The molecule has 0 aliphatic heterocycles. The van der Waals surface area contributed by atoms with E-state index in [0.717, 1.165) is 4.57 Å². The van der Waals surface area contributed by atoms with Crippen molar-refractivity contribution in [2.75, 3.05) is 5.73 Å². The molecule has 0 atom stereocenters. The van der Waals surface area contributed by atoms with Crippen LogP contribution in [0, 0.1) is 0 Å². The van der Waals surface area contributed by atoms with Gasteiger partial charge in [0.05, 0.1) is 0 Å². The molecule has 2 aromatic rings. The van der Waals surface area contributed by atoms with E-state index in [2.05, 4.69) is 15.0 Å².